The van der Waals surface area contributed by atoms with Crippen LogP contribution in [0, 0.1) is 17.8 Å². The van der Waals surface area contributed by atoms with E-state index in [9.17, 15) is 20.1 Å². The minimum Gasteiger partial charge on any atom is -0.459 e. The summed E-state index contributed by atoms with van der Waals surface area (Å²) in [6.45, 7) is 15.4. The highest BCUT2D eigenvalue weighted by Crippen LogP contribution is 2.35. The quantitative estimate of drug-likeness (QED) is 0.396. The van der Waals surface area contributed by atoms with E-state index in [4.69, 9.17) is 14.2 Å². The van der Waals surface area contributed by atoms with Crippen molar-refractivity contribution in [2.45, 2.75) is 141 Å². The molecule has 0 aromatic carbocycles. The summed E-state index contributed by atoms with van der Waals surface area (Å²) in [7, 11) is 4.12. The summed E-state index contributed by atoms with van der Waals surface area (Å²) in [6, 6.07) is -0.145. The molecule has 0 amide bonds. The predicted molar refractivity (Wildman–Crippen MR) is 148 cm³/mol. The van der Waals surface area contributed by atoms with Crippen LogP contribution in [0.1, 0.15) is 87.5 Å². The largest absolute Gasteiger partial charge is 0.459 e. The minimum absolute atomic E-state index is 0.0346. The molecule has 38 heavy (non-hydrogen) atoms. The fourth-order valence-corrected chi connectivity index (χ4v) is 6.38. The van der Waals surface area contributed by atoms with E-state index in [2.05, 4.69) is 24.3 Å². The first-order valence-electron chi connectivity index (χ1n) is 14.5. The van der Waals surface area contributed by atoms with Crippen molar-refractivity contribution in [1.82, 2.24) is 10.2 Å². The first-order valence-corrected chi connectivity index (χ1v) is 14.5. The molecule has 0 saturated carbocycles. The van der Waals surface area contributed by atoms with E-state index in [-0.39, 0.29) is 17.9 Å². The molecule has 224 valence electrons. The van der Waals surface area contributed by atoms with Crippen LogP contribution in [0.4, 0.5) is 0 Å². The monoisotopic (exact) mass is 544 g/mol. The van der Waals surface area contributed by atoms with Gasteiger partial charge in [-0.25, -0.2) is 0 Å². The number of esters is 1. The molecule has 0 bridgehead atoms. The van der Waals surface area contributed by atoms with Crippen LogP contribution in [-0.2, 0) is 19.0 Å². The number of hydrogen-bond acceptors (Lipinski definition) is 9. The third-order valence-electron chi connectivity index (χ3n) is 8.64. The Morgan fingerprint density at radius 3 is 2.29 bits per heavy atom. The van der Waals surface area contributed by atoms with Crippen LogP contribution in [0.15, 0.2) is 0 Å². The van der Waals surface area contributed by atoms with Gasteiger partial charge in [-0.15, -0.1) is 0 Å². The van der Waals surface area contributed by atoms with Gasteiger partial charge in [0.05, 0.1) is 23.7 Å². The lowest BCUT2D eigenvalue weighted by molar-refractivity contribution is -0.261. The zero-order valence-electron chi connectivity index (χ0n) is 25.4. The molecule has 9 nitrogen and oxygen atoms in total. The summed E-state index contributed by atoms with van der Waals surface area (Å²) in [5.74, 6) is -1.06. The number of carbonyl (C=O) groups is 1. The topological polar surface area (TPSA) is 121 Å². The van der Waals surface area contributed by atoms with E-state index in [0.29, 0.717) is 38.3 Å². The lowest BCUT2D eigenvalue weighted by atomic mass is 9.79. The van der Waals surface area contributed by atoms with Crippen molar-refractivity contribution in [2.24, 2.45) is 17.8 Å². The summed E-state index contributed by atoms with van der Waals surface area (Å²) in [6.07, 6.45) is -0.140. The fourth-order valence-electron chi connectivity index (χ4n) is 6.38. The van der Waals surface area contributed by atoms with Crippen molar-refractivity contribution in [2.75, 3.05) is 20.6 Å². The number of carbonyl (C=O) groups excluding carboxylic acids is 1. The Bertz CT molecular complexity index is 746. The molecular weight excluding hydrogens is 488 g/mol. The summed E-state index contributed by atoms with van der Waals surface area (Å²) >= 11 is 0. The number of ether oxygens (including phenoxy) is 3. The smallest absolute Gasteiger partial charge is 0.309 e. The van der Waals surface area contributed by atoms with Gasteiger partial charge in [0.15, 0.2) is 6.29 Å². The second-order valence-corrected chi connectivity index (χ2v) is 13.0. The third kappa shape index (κ3) is 8.59. The van der Waals surface area contributed by atoms with E-state index in [1.165, 1.54) is 6.92 Å². The zero-order valence-corrected chi connectivity index (χ0v) is 25.4. The number of cyclic esters (lactones) is 1. The first-order chi connectivity index (χ1) is 17.5. The standard InChI is InChI=1S/C29H56N2O7/c1-11-23-29(8,35)25(32)21(6)30-16-17(2)15-28(7,34)26(18(3)12-19(4)27(33)37-23)38-24-14-22(31(9)10)13-20(5)36-24/h17-26,30,32,34-35H,11-16H2,1-10H3. The SMILES string of the molecule is CCC1OC(=O)C(C)CC(C)C(OC2CC(N(C)C)CC(C)O2)C(C)(O)CC(C)CNC(C)C(O)C1(C)O. The van der Waals surface area contributed by atoms with Crippen molar-refractivity contribution < 1.29 is 34.3 Å². The Morgan fingerprint density at radius 2 is 1.71 bits per heavy atom. The number of nitrogens with zero attached hydrogens (tertiary/aromatic N) is 1. The van der Waals surface area contributed by atoms with E-state index in [1.54, 1.807) is 20.8 Å². The molecule has 9 heteroatoms. The molecule has 2 rings (SSSR count). The highest BCUT2D eigenvalue weighted by Gasteiger charge is 2.46. The highest BCUT2D eigenvalue weighted by molar-refractivity contribution is 5.72. The lowest BCUT2D eigenvalue weighted by Crippen LogP contribution is -2.58. The van der Waals surface area contributed by atoms with Crippen molar-refractivity contribution in [3.63, 3.8) is 0 Å². The van der Waals surface area contributed by atoms with Gasteiger partial charge in [-0.05, 0) is 85.9 Å². The second-order valence-electron chi connectivity index (χ2n) is 13.0. The normalized spacial score (nSPS) is 46.7. The molecule has 12 unspecified atom stereocenters. The molecule has 2 fully saturated rings. The average molecular weight is 545 g/mol. The molecule has 0 aliphatic carbocycles. The summed E-state index contributed by atoms with van der Waals surface area (Å²) in [5.41, 5.74) is -2.82. The Morgan fingerprint density at radius 1 is 1.08 bits per heavy atom. The van der Waals surface area contributed by atoms with Crippen LogP contribution in [-0.4, -0.2) is 101 Å². The maximum Gasteiger partial charge on any atom is 0.309 e. The highest BCUT2D eigenvalue weighted by atomic mass is 16.7. The van der Waals surface area contributed by atoms with Crippen LogP contribution in [0.5, 0.6) is 0 Å². The summed E-state index contributed by atoms with van der Waals surface area (Å²) < 4.78 is 18.5. The van der Waals surface area contributed by atoms with E-state index in [1.807, 2.05) is 27.7 Å². The van der Waals surface area contributed by atoms with Crippen LogP contribution in [0.2, 0.25) is 0 Å². The van der Waals surface area contributed by atoms with Gasteiger partial charge in [-0.1, -0.05) is 27.7 Å². The van der Waals surface area contributed by atoms with Gasteiger partial charge in [0.2, 0.25) is 0 Å². The van der Waals surface area contributed by atoms with Gasteiger partial charge in [0.1, 0.15) is 17.8 Å². The van der Waals surface area contributed by atoms with Gasteiger partial charge < -0.3 is 39.7 Å². The molecule has 2 heterocycles. The molecule has 0 spiro atoms. The molecule has 0 radical (unpaired) electrons. The number of nitrogens with one attached hydrogen (secondary N) is 1. The maximum absolute atomic E-state index is 13.1. The second kappa shape index (κ2) is 13.7. The summed E-state index contributed by atoms with van der Waals surface area (Å²) in [4.78, 5) is 15.3. The molecule has 0 aromatic rings. The van der Waals surface area contributed by atoms with Crippen LogP contribution in [0.25, 0.3) is 0 Å². The molecule has 2 aliphatic rings. The van der Waals surface area contributed by atoms with Gasteiger partial charge in [0.25, 0.3) is 0 Å². The van der Waals surface area contributed by atoms with Crippen LogP contribution in [0.3, 0.4) is 0 Å². The number of aliphatic hydroxyl groups excluding tert-OH is 1. The Balaban J connectivity index is 2.36. The average Bonchev–Trinajstić information content (AvgIpc) is 2.81. The predicted octanol–water partition coefficient (Wildman–Crippen LogP) is 2.69. The Hall–Kier alpha value is -0.810. The summed E-state index contributed by atoms with van der Waals surface area (Å²) in [5, 5.41) is 37.3. The van der Waals surface area contributed by atoms with Crippen molar-refractivity contribution in [1.29, 1.82) is 0 Å². The van der Waals surface area contributed by atoms with Gasteiger partial charge in [-0.2, -0.15) is 0 Å². The fraction of sp³-hybridized carbons (Fsp3) is 0.966. The lowest BCUT2D eigenvalue weighted by Gasteiger charge is -2.44. The van der Waals surface area contributed by atoms with Gasteiger partial charge in [0, 0.05) is 18.5 Å². The maximum atomic E-state index is 13.1. The third-order valence-corrected chi connectivity index (χ3v) is 8.64. The van der Waals surface area contributed by atoms with E-state index < -0.39 is 53.7 Å². The van der Waals surface area contributed by atoms with Crippen molar-refractivity contribution >= 4 is 5.97 Å². The number of rotatable bonds is 4. The Labute approximate surface area is 230 Å². The number of hydrogen-bond donors (Lipinski definition) is 4. The van der Waals surface area contributed by atoms with Gasteiger partial charge in [-0.3, -0.25) is 4.79 Å². The minimum atomic E-state index is -1.62. The molecule has 0 aromatic heterocycles. The zero-order chi connectivity index (χ0) is 29.0. The Kier molecular flexibility index (Phi) is 12.0. The first kappa shape index (κ1) is 33.4. The van der Waals surface area contributed by atoms with E-state index >= 15 is 0 Å². The van der Waals surface area contributed by atoms with Crippen LogP contribution >= 0.6 is 0 Å². The molecule has 12 atom stereocenters. The van der Waals surface area contributed by atoms with Crippen LogP contribution < -0.4 is 5.32 Å². The molecular formula is C29H56N2O7. The van der Waals surface area contributed by atoms with E-state index in [0.717, 1.165) is 6.42 Å². The molecule has 4 N–H and O–H groups in total. The van der Waals surface area contributed by atoms with Gasteiger partial charge >= 0.3 is 5.97 Å². The molecule has 2 aliphatic heterocycles. The number of aliphatic hydroxyl groups is 3. The van der Waals surface area contributed by atoms with Crippen molar-refractivity contribution in [3.05, 3.63) is 0 Å². The van der Waals surface area contributed by atoms with Crippen molar-refractivity contribution in [3.8, 4) is 0 Å². The molecule has 2 saturated heterocycles.